The highest BCUT2D eigenvalue weighted by atomic mass is 16.5. The average molecular weight is 358 g/mol. The fourth-order valence-corrected chi connectivity index (χ4v) is 3.68. The molecule has 1 saturated heterocycles. The molecular formula is C20H30N4O2. The van der Waals surface area contributed by atoms with E-state index in [4.69, 9.17) is 4.74 Å². The number of hydrogen-bond acceptors (Lipinski definition) is 5. The smallest absolute Gasteiger partial charge is 0.128 e. The first-order chi connectivity index (χ1) is 12.6. The molecule has 1 aromatic carbocycles. The van der Waals surface area contributed by atoms with E-state index in [2.05, 4.69) is 39.7 Å². The second kappa shape index (κ2) is 8.77. The Kier molecular flexibility index (Phi) is 6.43. The summed E-state index contributed by atoms with van der Waals surface area (Å²) in [6.45, 7) is 7.80. The summed E-state index contributed by atoms with van der Waals surface area (Å²) in [7, 11) is 2.04. The molecule has 2 aromatic rings. The summed E-state index contributed by atoms with van der Waals surface area (Å²) in [4.78, 5) is 7.02. The molecule has 1 aromatic heterocycles. The van der Waals surface area contributed by atoms with Gasteiger partial charge < -0.3 is 19.7 Å². The summed E-state index contributed by atoms with van der Waals surface area (Å²) >= 11 is 0. The lowest BCUT2D eigenvalue weighted by Gasteiger charge is -2.40. The fraction of sp³-hybridized carbons (Fsp3) is 0.550. The van der Waals surface area contributed by atoms with Gasteiger partial charge in [0, 0.05) is 38.6 Å². The summed E-state index contributed by atoms with van der Waals surface area (Å²) < 4.78 is 8.22. The maximum atomic E-state index is 9.35. The third-order valence-electron chi connectivity index (χ3n) is 5.24. The van der Waals surface area contributed by atoms with Crippen LogP contribution in [0.5, 0.6) is 0 Å². The lowest BCUT2D eigenvalue weighted by molar-refractivity contribution is -0.0736. The van der Waals surface area contributed by atoms with Crippen LogP contribution in [0.3, 0.4) is 0 Å². The van der Waals surface area contributed by atoms with Gasteiger partial charge in [-0.05, 0) is 24.6 Å². The zero-order chi connectivity index (χ0) is 18.5. The van der Waals surface area contributed by atoms with Crippen LogP contribution < -0.4 is 5.32 Å². The minimum Gasteiger partial charge on any atom is -0.392 e. The lowest BCUT2D eigenvalue weighted by atomic mass is 10.0. The highest BCUT2D eigenvalue weighted by Crippen LogP contribution is 2.28. The number of morpholine rings is 1. The highest BCUT2D eigenvalue weighted by Gasteiger charge is 2.35. The third-order valence-corrected chi connectivity index (χ3v) is 5.24. The summed E-state index contributed by atoms with van der Waals surface area (Å²) in [6, 6.07) is 8.41. The van der Waals surface area contributed by atoms with E-state index in [-0.39, 0.29) is 24.8 Å². The Bertz CT molecular complexity index is 703. The van der Waals surface area contributed by atoms with Gasteiger partial charge in [0.25, 0.3) is 0 Å². The van der Waals surface area contributed by atoms with Gasteiger partial charge >= 0.3 is 0 Å². The van der Waals surface area contributed by atoms with Crippen molar-refractivity contribution in [1.29, 1.82) is 0 Å². The quantitative estimate of drug-likeness (QED) is 0.793. The highest BCUT2D eigenvalue weighted by molar-refractivity contribution is 5.25. The van der Waals surface area contributed by atoms with Gasteiger partial charge in [-0.2, -0.15) is 0 Å². The molecule has 142 valence electrons. The second-order valence-electron chi connectivity index (χ2n) is 6.91. The number of nitrogens with zero attached hydrogens (tertiary/aromatic N) is 3. The molecule has 1 fully saturated rings. The van der Waals surface area contributed by atoms with E-state index in [1.807, 2.05) is 37.6 Å². The zero-order valence-corrected chi connectivity index (χ0v) is 15.9. The average Bonchev–Trinajstić information content (AvgIpc) is 3.11. The number of likely N-dealkylation sites (N-methyl/N-ethyl adjacent to an activating group) is 1. The van der Waals surface area contributed by atoms with Gasteiger partial charge in [-0.25, -0.2) is 4.98 Å². The van der Waals surface area contributed by atoms with E-state index in [1.165, 1.54) is 5.56 Å². The molecule has 6 heteroatoms. The molecule has 0 saturated carbocycles. The Morgan fingerprint density at radius 2 is 2.27 bits per heavy atom. The molecule has 3 rings (SSSR count). The predicted molar refractivity (Wildman–Crippen MR) is 102 cm³/mol. The van der Waals surface area contributed by atoms with E-state index in [1.54, 1.807) is 0 Å². The number of aromatic nitrogens is 2. The Morgan fingerprint density at radius 3 is 2.96 bits per heavy atom. The maximum Gasteiger partial charge on any atom is 0.128 e. The van der Waals surface area contributed by atoms with Crippen molar-refractivity contribution in [1.82, 2.24) is 19.8 Å². The van der Waals surface area contributed by atoms with Crippen LogP contribution in [0.15, 0.2) is 36.7 Å². The Labute approximate surface area is 155 Å². The van der Waals surface area contributed by atoms with Crippen molar-refractivity contribution in [2.45, 2.75) is 38.6 Å². The van der Waals surface area contributed by atoms with Crippen LogP contribution >= 0.6 is 0 Å². The molecule has 1 unspecified atom stereocenters. The predicted octanol–water partition coefficient (Wildman–Crippen LogP) is 2.02. The Balaban J connectivity index is 1.71. The van der Waals surface area contributed by atoms with Crippen LogP contribution in [0, 0.1) is 0 Å². The largest absolute Gasteiger partial charge is 0.392 e. The van der Waals surface area contributed by atoms with Crippen molar-refractivity contribution in [3.63, 3.8) is 0 Å². The second-order valence-corrected chi connectivity index (χ2v) is 6.91. The SMILES string of the molecule is CCN1CCO[C@@H](CNC(C)c2cccc(CO)c2)[C@@H]1c1nccn1C. The van der Waals surface area contributed by atoms with Crippen molar-refractivity contribution >= 4 is 0 Å². The molecule has 2 N–H and O–H groups in total. The van der Waals surface area contributed by atoms with Crippen molar-refractivity contribution in [3.8, 4) is 0 Å². The number of aliphatic hydroxyl groups is 1. The molecule has 2 heterocycles. The van der Waals surface area contributed by atoms with Crippen LogP contribution in [0.25, 0.3) is 0 Å². The maximum absolute atomic E-state index is 9.35. The van der Waals surface area contributed by atoms with Gasteiger partial charge in [0.1, 0.15) is 5.82 Å². The van der Waals surface area contributed by atoms with E-state index in [0.29, 0.717) is 0 Å². The molecule has 0 amide bonds. The van der Waals surface area contributed by atoms with E-state index < -0.39 is 0 Å². The molecule has 0 radical (unpaired) electrons. The van der Waals surface area contributed by atoms with E-state index in [9.17, 15) is 5.11 Å². The Morgan fingerprint density at radius 1 is 1.42 bits per heavy atom. The molecule has 6 nitrogen and oxygen atoms in total. The monoisotopic (exact) mass is 358 g/mol. The van der Waals surface area contributed by atoms with Crippen molar-refractivity contribution in [3.05, 3.63) is 53.6 Å². The van der Waals surface area contributed by atoms with E-state index in [0.717, 1.165) is 37.6 Å². The molecule has 0 aliphatic carbocycles. The molecule has 0 bridgehead atoms. The number of aliphatic hydroxyl groups excluding tert-OH is 1. The number of rotatable bonds is 7. The van der Waals surface area contributed by atoms with E-state index >= 15 is 0 Å². The summed E-state index contributed by atoms with van der Waals surface area (Å²) in [5.41, 5.74) is 2.11. The van der Waals surface area contributed by atoms with Crippen LogP contribution in [-0.2, 0) is 18.4 Å². The minimum atomic E-state index is 0.0493. The van der Waals surface area contributed by atoms with Crippen LogP contribution in [-0.4, -0.2) is 51.9 Å². The first kappa shape index (κ1) is 19.0. The van der Waals surface area contributed by atoms with Gasteiger partial charge in [0.15, 0.2) is 0 Å². The van der Waals surface area contributed by atoms with Gasteiger partial charge in [-0.3, -0.25) is 4.90 Å². The topological polar surface area (TPSA) is 62.6 Å². The number of ether oxygens (including phenoxy) is 1. The molecule has 3 atom stereocenters. The number of imidazole rings is 1. The number of nitrogens with one attached hydrogen (secondary N) is 1. The van der Waals surface area contributed by atoms with Gasteiger partial charge in [0.05, 0.1) is 25.4 Å². The molecule has 1 aliphatic heterocycles. The summed E-state index contributed by atoms with van der Waals surface area (Å²) in [5.74, 6) is 1.05. The Hall–Kier alpha value is -1.73. The van der Waals surface area contributed by atoms with Crippen molar-refractivity contribution < 1.29 is 9.84 Å². The molecule has 26 heavy (non-hydrogen) atoms. The van der Waals surface area contributed by atoms with Crippen molar-refractivity contribution in [2.75, 3.05) is 26.2 Å². The summed E-state index contributed by atoms with van der Waals surface area (Å²) in [6.07, 6.45) is 3.89. The number of hydrogen-bond donors (Lipinski definition) is 2. The standard InChI is InChI=1S/C20H30N4O2/c1-4-24-10-11-26-18(19(24)20-21-8-9-23(20)3)13-22-15(2)17-7-5-6-16(12-17)14-25/h5-9,12,15,18-19,22,25H,4,10-11,13-14H2,1-3H3/t15?,18-,19+/m0/s1. The normalized spacial score (nSPS) is 22.5. The molecular weight excluding hydrogens is 328 g/mol. The van der Waals surface area contributed by atoms with Crippen LogP contribution in [0.4, 0.5) is 0 Å². The fourth-order valence-electron chi connectivity index (χ4n) is 3.68. The van der Waals surface area contributed by atoms with Crippen LogP contribution in [0.2, 0.25) is 0 Å². The van der Waals surface area contributed by atoms with Gasteiger partial charge in [-0.1, -0.05) is 31.2 Å². The lowest BCUT2D eigenvalue weighted by Crippen LogP contribution is -2.50. The third kappa shape index (κ3) is 4.15. The molecule has 0 spiro atoms. The first-order valence-electron chi connectivity index (χ1n) is 9.40. The zero-order valence-electron chi connectivity index (χ0n) is 15.9. The van der Waals surface area contributed by atoms with Crippen molar-refractivity contribution in [2.24, 2.45) is 7.05 Å². The van der Waals surface area contributed by atoms with Gasteiger partial charge in [-0.15, -0.1) is 0 Å². The van der Waals surface area contributed by atoms with Crippen LogP contribution in [0.1, 0.15) is 42.9 Å². The summed E-state index contributed by atoms with van der Waals surface area (Å²) in [5, 5.41) is 13.0. The number of benzene rings is 1. The first-order valence-corrected chi connectivity index (χ1v) is 9.40. The minimum absolute atomic E-state index is 0.0493. The van der Waals surface area contributed by atoms with Gasteiger partial charge in [0.2, 0.25) is 0 Å². The number of aryl methyl sites for hydroxylation is 1. The molecule has 1 aliphatic rings.